The van der Waals surface area contributed by atoms with E-state index in [4.69, 9.17) is 4.74 Å². The number of hydrogen-bond acceptors (Lipinski definition) is 4. The lowest BCUT2D eigenvalue weighted by atomic mass is 10.0. The third-order valence-corrected chi connectivity index (χ3v) is 4.66. The molecule has 2 atom stereocenters. The molecule has 3 aromatic rings. The van der Waals surface area contributed by atoms with Crippen LogP contribution < -0.4 is 10.1 Å². The van der Waals surface area contributed by atoms with Crippen LogP contribution in [0.1, 0.15) is 22.7 Å². The number of carboxylic acids is 1. The number of aliphatic hydroxyl groups excluding tert-OH is 1. The van der Waals surface area contributed by atoms with Gasteiger partial charge in [0, 0.05) is 23.6 Å². The molecule has 0 aliphatic heterocycles. The van der Waals surface area contributed by atoms with E-state index in [0.717, 1.165) is 22.0 Å². The summed E-state index contributed by atoms with van der Waals surface area (Å²) in [5.74, 6) is -0.305. The summed E-state index contributed by atoms with van der Waals surface area (Å²) in [6.07, 6.45) is 0.990. The number of aromatic nitrogens is 1. The minimum absolute atomic E-state index is 0.0660. The number of aryl methyl sites for hydroxylation is 2. The number of carbonyl (C=O) groups is 1. The zero-order valence-corrected chi connectivity index (χ0v) is 15.4. The van der Waals surface area contributed by atoms with Crippen molar-refractivity contribution in [2.24, 2.45) is 0 Å². The predicted octanol–water partition coefficient (Wildman–Crippen LogP) is 2.94. The fourth-order valence-corrected chi connectivity index (χ4v) is 2.97. The molecular formula is C21H24N2O4. The number of rotatable bonds is 8. The Morgan fingerprint density at radius 3 is 2.74 bits per heavy atom. The highest BCUT2D eigenvalue weighted by Gasteiger charge is 2.21. The predicted molar refractivity (Wildman–Crippen MR) is 104 cm³/mol. The topological polar surface area (TPSA) is 94.6 Å². The van der Waals surface area contributed by atoms with E-state index in [2.05, 4.69) is 10.3 Å². The molecule has 0 radical (unpaired) electrons. The Morgan fingerprint density at radius 2 is 2.00 bits per heavy atom. The first-order chi connectivity index (χ1) is 13.0. The average Bonchev–Trinajstić information content (AvgIpc) is 3.12. The zero-order chi connectivity index (χ0) is 19.4. The van der Waals surface area contributed by atoms with Crippen molar-refractivity contribution in [3.05, 3.63) is 65.4 Å². The molecule has 3 rings (SSSR count). The number of nitrogens with one attached hydrogen (secondary N) is 2. The summed E-state index contributed by atoms with van der Waals surface area (Å²) in [5, 5.41) is 23.6. The summed E-state index contributed by atoms with van der Waals surface area (Å²) in [4.78, 5) is 14.7. The second-order valence-corrected chi connectivity index (χ2v) is 6.68. The Hall–Kier alpha value is -2.83. The van der Waals surface area contributed by atoms with Crippen LogP contribution in [0.2, 0.25) is 0 Å². The van der Waals surface area contributed by atoms with Gasteiger partial charge in [-0.25, -0.2) is 0 Å². The first-order valence-electron chi connectivity index (χ1n) is 8.86. The minimum Gasteiger partial charge on any atom is -0.490 e. The summed E-state index contributed by atoms with van der Waals surface area (Å²) < 4.78 is 5.72. The summed E-state index contributed by atoms with van der Waals surface area (Å²) in [5.41, 5.74) is 3.76. The molecule has 0 fully saturated rings. The smallest absolute Gasteiger partial charge is 0.325 e. The lowest BCUT2D eigenvalue weighted by Crippen LogP contribution is -2.37. The normalized spacial score (nSPS) is 13.4. The molecule has 0 saturated heterocycles. The Morgan fingerprint density at radius 1 is 1.19 bits per heavy atom. The summed E-state index contributed by atoms with van der Waals surface area (Å²) in [7, 11) is 0. The van der Waals surface area contributed by atoms with Gasteiger partial charge in [0.25, 0.3) is 0 Å². The van der Waals surface area contributed by atoms with Crippen molar-refractivity contribution in [3.8, 4) is 5.75 Å². The maximum absolute atomic E-state index is 11.6. The second-order valence-electron chi connectivity index (χ2n) is 6.68. The van der Waals surface area contributed by atoms with Crippen LogP contribution in [0, 0.1) is 13.8 Å². The SMILES string of the molecule is Cc1ccc(C(NCC(O)COc2cccc3[nH]ccc23)C(=O)O)cc1C. The van der Waals surface area contributed by atoms with Gasteiger partial charge in [0.05, 0.1) is 0 Å². The molecule has 0 saturated carbocycles. The van der Waals surface area contributed by atoms with Crippen molar-refractivity contribution in [1.29, 1.82) is 0 Å². The number of H-pyrrole nitrogens is 1. The number of aromatic amines is 1. The van der Waals surface area contributed by atoms with Crippen molar-refractivity contribution in [1.82, 2.24) is 10.3 Å². The van der Waals surface area contributed by atoms with E-state index in [-0.39, 0.29) is 13.2 Å². The third kappa shape index (κ3) is 4.48. The van der Waals surface area contributed by atoms with Gasteiger partial charge in [-0.2, -0.15) is 0 Å². The van der Waals surface area contributed by atoms with Gasteiger partial charge in [0.15, 0.2) is 0 Å². The molecule has 2 unspecified atom stereocenters. The molecule has 0 aliphatic rings. The van der Waals surface area contributed by atoms with Crippen LogP contribution in [0.4, 0.5) is 0 Å². The Labute approximate surface area is 157 Å². The number of aliphatic hydroxyl groups is 1. The Kier molecular flexibility index (Phi) is 5.78. The van der Waals surface area contributed by atoms with Gasteiger partial charge in [0.1, 0.15) is 24.5 Å². The summed E-state index contributed by atoms with van der Waals surface area (Å²) in [6, 6.07) is 12.2. The lowest BCUT2D eigenvalue weighted by Gasteiger charge is -2.19. The van der Waals surface area contributed by atoms with Crippen LogP contribution in [0.25, 0.3) is 10.9 Å². The van der Waals surface area contributed by atoms with E-state index in [1.807, 2.05) is 56.4 Å². The fraction of sp³-hybridized carbons (Fsp3) is 0.286. The maximum Gasteiger partial charge on any atom is 0.325 e. The van der Waals surface area contributed by atoms with E-state index in [0.29, 0.717) is 11.3 Å². The molecule has 2 aromatic carbocycles. The van der Waals surface area contributed by atoms with Crippen LogP contribution in [0.3, 0.4) is 0 Å². The van der Waals surface area contributed by atoms with Crippen LogP contribution in [0.5, 0.6) is 5.75 Å². The molecule has 6 heteroatoms. The second kappa shape index (κ2) is 8.24. The molecule has 1 aromatic heterocycles. The molecule has 0 aliphatic carbocycles. The molecule has 1 heterocycles. The highest BCUT2D eigenvalue weighted by atomic mass is 16.5. The number of fused-ring (bicyclic) bond motifs is 1. The Balaban J connectivity index is 1.59. The number of carboxylic acid groups (broad SMARTS) is 1. The Bertz CT molecular complexity index is 935. The molecule has 6 nitrogen and oxygen atoms in total. The standard InChI is InChI=1S/C21H24N2O4/c1-13-6-7-15(10-14(13)2)20(21(25)26)23-11-16(24)12-27-19-5-3-4-18-17(19)8-9-22-18/h3-10,16,20,22-24H,11-12H2,1-2H3,(H,25,26). The number of aliphatic carboxylic acids is 1. The van der Waals surface area contributed by atoms with Crippen molar-refractivity contribution in [2.75, 3.05) is 13.2 Å². The molecule has 4 N–H and O–H groups in total. The van der Waals surface area contributed by atoms with E-state index in [1.165, 1.54) is 0 Å². The quantitative estimate of drug-likeness (QED) is 0.490. The highest BCUT2D eigenvalue weighted by Crippen LogP contribution is 2.24. The van der Waals surface area contributed by atoms with Crippen LogP contribution in [0.15, 0.2) is 48.7 Å². The zero-order valence-electron chi connectivity index (χ0n) is 15.4. The van der Waals surface area contributed by atoms with Crippen LogP contribution in [-0.4, -0.2) is 40.4 Å². The number of benzene rings is 2. The van der Waals surface area contributed by atoms with Crippen molar-refractivity contribution < 1.29 is 19.7 Å². The van der Waals surface area contributed by atoms with E-state index < -0.39 is 18.1 Å². The molecular weight excluding hydrogens is 344 g/mol. The average molecular weight is 368 g/mol. The van der Waals surface area contributed by atoms with Crippen molar-refractivity contribution in [2.45, 2.75) is 26.0 Å². The third-order valence-electron chi connectivity index (χ3n) is 4.66. The van der Waals surface area contributed by atoms with E-state index >= 15 is 0 Å². The first-order valence-corrected chi connectivity index (χ1v) is 8.86. The van der Waals surface area contributed by atoms with Gasteiger partial charge in [0.2, 0.25) is 0 Å². The van der Waals surface area contributed by atoms with Crippen molar-refractivity contribution >= 4 is 16.9 Å². The van der Waals surface area contributed by atoms with Gasteiger partial charge < -0.3 is 19.9 Å². The lowest BCUT2D eigenvalue weighted by molar-refractivity contribution is -0.139. The largest absolute Gasteiger partial charge is 0.490 e. The number of hydrogen-bond donors (Lipinski definition) is 4. The van der Waals surface area contributed by atoms with Crippen molar-refractivity contribution in [3.63, 3.8) is 0 Å². The van der Waals surface area contributed by atoms with Gasteiger partial charge in [-0.3, -0.25) is 10.1 Å². The van der Waals surface area contributed by atoms with Crippen LogP contribution >= 0.6 is 0 Å². The molecule has 0 spiro atoms. The monoisotopic (exact) mass is 368 g/mol. The molecule has 142 valence electrons. The first kappa shape index (κ1) is 18.9. The summed E-state index contributed by atoms with van der Waals surface area (Å²) in [6.45, 7) is 4.10. The van der Waals surface area contributed by atoms with Gasteiger partial charge in [-0.15, -0.1) is 0 Å². The fourth-order valence-electron chi connectivity index (χ4n) is 2.97. The van der Waals surface area contributed by atoms with Gasteiger partial charge in [-0.1, -0.05) is 24.3 Å². The number of ether oxygens (including phenoxy) is 1. The maximum atomic E-state index is 11.6. The van der Waals surface area contributed by atoms with Gasteiger partial charge >= 0.3 is 5.97 Å². The van der Waals surface area contributed by atoms with E-state index in [9.17, 15) is 15.0 Å². The summed E-state index contributed by atoms with van der Waals surface area (Å²) >= 11 is 0. The molecule has 0 bridgehead atoms. The van der Waals surface area contributed by atoms with Crippen LogP contribution in [-0.2, 0) is 4.79 Å². The van der Waals surface area contributed by atoms with E-state index in [1.54, 1.807) is 6.07 Å². The minimum atomic E-state index is -0.983. The molecule has 27 heavy (non-hydrogen) atoms. The molecule has 0 amide bonds. The van der Waals surface area contributed by atoms with Gasteiger partial charge in [-0.05, 0) is 48.7 Å². The highest BCUT2D eigenvalue weighted by molar-refractivity contribution is 5.85.